The largest absolute Gasteiger partial charge is 0.508 e. The Bertz CT molecular complexity index is 507. The van der Waals surface area contributed by atoms with Gasteiger partial charge >= 0.3 is 5.97 Å². The Morgan fingerprint density at radius 3 is 1.92 bits per heavy atom. The summed E-state index contributed by atoms with van der Waals surface area (Å²) in [4.78, 5) is 11.3. The third kappa shape index (κ3) is 11.0. The van der Waals surface area contributed by atoms with Crippen LogP contribution < -0.4 is 0 Å². The molecular weight excluding hydrogens is 332 g/mol. The average molecular weight is 366 g/mol. The van der Waals surface area contributed by atoms with Crippen LogP contribution in [0.2, 0.25) is 0 Å². The Balaban J connectivity index is 2.27. The molecule has 3 N–H and O–H groups in total. The number of hydrogen-bond donors (Lipinski definition) is 3. The zero-order valence-corrected chi connectivity index (χ0v) is 16.1. The molecule has 2 atom stereocenters. The van der Waals surface area contributed by atoms with E-state index in [2.05, 4.69) is 0 Å². The maximum absolute atomic E-state index is 11.3. The van der Waals surface area contributed by atoms with E-state index in [4.69, 9.17) is 4.74 Å². The molecular formula is C21H34O5. The van der Waals surface area contributed by atoms with Crippen LogP contribution in [0.15, 0.2) is 18.2 Å². The van der Waals surface area contributed by atoms with Gasteiger partial charge in [0.2, 0.25) is 0 Å². The standard InChI is InChI=1S/C21H34O5/c1-16(22)10-8-6-4-3-5-7-9-11-21(26-17(2)23)14-18-12-19(24)15-20(25)13-18/h12-13,15-16,21-22,24-25H,3-11,14H2,1-2H3/t16-,21+/m0/s1. The number of esters is 1. The SMILES string of the molecule is CC(=O)O[C@H](CCCCCCCCC[C@H](C)O)Cc1cc(O)cc(O)c1. The number of ether oxygens (including phenoxy) is 1. The number of carbonyl (C=O) groups is 1. The second kappa shape index (κ2) is 12.6. The van der Waals surface area contributed by atoms with Crippen molar-refractivity contribution in [1.82, 2.24) is 0 Å². The van der Waals surface area contributed by atoms with E-state index in [1.54, 1.807) is 12.1 Å². The molecule has 1 rings (SSSR count). The van der Waals surface area contributed by atoms with Gasteiger partial charge in [-0.3, -0.25) is 4.79 Å². The fourth-order valence-corrected chi connectivity index (χ4v) is 3.17. The van der Waals surface area contributed by atoms with Gasteiger partial charge in [-0.15, -0.1) is 0 Å². The number of phenols is 2. The van der Waals surface area contributed by atoms with Crippen molar-refractivity contribution < 1.29 is 24.9 Å². The minimum absolute atomic E-state index is 0.0113. The number of phenolic OH excluding ortho intramolecular Hbond substituents is 2. The fourth-order valence-electron chi connectivity index (χ4n) is 3.17. The van der Waals surface area contributed by atoms with Gasteiger partial charge in [-0.2, -0.15) is 0 Å². The molecule has 1 aromatic rings. The van der Waals surface area contributed by atoms with Gasteiger partial charge in [0.05, 0.1) is 6.10 Å². The first-order valence-corrected chi connectivity index (χ1v) is 9.74. The summed E-state index contributed by atoms with van der Waals surface area (Å²) in [5.74, 6) is -0.285. The number of unbranched alkanes of at least 4 members (excludes halogenated alkanes) is 6. The molecule has 0 aliphatic carbocycles. The van der Waals surface area contributed by atoms with Crippen molar-refractivity contribution in [3.63, 3.8) is 0 Å². The Hall–Kier alpha value is -1.75. The summed E-state index contributed by atoms with van der Waals surface area (Å²) in [5.41, 5.74) is 0.756. The first kappa shape index (κ1) is 22.3. The van der Waals surface area contributed by atoms with Crippen molar-refractivity contribution in [2.45, 2.75) is 90.3 Å². The van der Waals surface area contributed by atoms with E-state index in [1.807, 2.05) is 6.92 Å². The Morgan fingerprint density at radius 2 is 1.42 bits per heavy atom. The van der Waals surface area contributed by atoms with Gasteiger partial charge in [0.15, 0.2) is 0 Å². The lowest BCUT2D eigenvalue weighted by Gasteiger charge is -2.17. The quantitative estimate of drug-likeness (QED) is 0.354. The summed E-state index contributed by atoms with van der Waals surface area (Å²) in [5, 5.41) is 28.4. The number of aliphatic hydroxyl groups excluding tert-OH is 1. The van der Waals surface area contributed by atoms with Crippen molar-refractivity contribution >= 4 is 5.97 Å². The molecule has 0 spiro atoms. The van der Waals surface area contributed by atoms with Crippen molar-refractivity contribution in [3.05, 3.63) is 23.8 Å². The van der Waals surface area contributed by atoms with Crippen molar-refractivity contribution in [2.75, 3.05) is 0 Å². The van der Waals surface area contributed by atoms with E-state index in [9.17, 15) is 20.1 Å². The molecule has 0 unspecified atom stereocenters. The zero-order chi connectivity index (χ0) is 19.4. The van der Waals surface area contributed by atoms with E-state index < -0.39 is 0 Å². The molecule has 0 aromatic heterocycles. The molecule has 0 bridgehead atoms. The maximum atomic E-state index is 11.3. The van der Waals surface area contributed by atoms with Gasteiger partial charge < -0.3 is 20.1 Å². The van der Waals surface area contributed by atoms with Gasteiger partial charge in [-0.1, -0.05) is 38.5 Å². The highest BCUT2D eigenvalue weighted by molar-refractivity contribution is 5.66. The number of aromatic hydroxyl groups is 2. The number of aliphatic hydroxyl groups is 1. The second-order valence-electron chi connectivity index (χ2n) is 7.19. The van der Waals surface area contributed by atoms with Crippen molar-refractivity contribution in [3.8, 4) is 11.5 Å². The summed E-state index contributed by atoms with van der Waals surface area (Å²) < 4.78 is 5.39. The minimum Gasteiger partial charge on any atom is -0.508 e. The zero-order valence-electron chi connectivity index (χ0n) is 16.1. The van der Waals surface area contributed by atoms with E-state index in [0.29, 0.717) is 6.42 Å². The summed E-state index contributed by atoms with van der Waals surface area (Å²) in [6.07, 6.45) is 9.60. The topological polar surface area (TPSA) is 87.0 Å². The minimum atomic E-state index is -0.308. The predicted octanol–water partition coefficient (Wildman–Crippen LogP) is 4.46. The normalized spacial score (nSPS) is 13.3. The molecule has 0 amide bonds. The number of carbonyl (C=O) groups excluding carboxylic acids is 1. The van der Waals surface area contributed by atoms with Gasteiger partial charge in [0.25, 0.3) is 0 Å². The Labute approximate surface area is 157 Å². The molecule has 5 nitrogen and oxygen atoms in total. The number of hydrogen-bond acceptors (Lipinski definition) is 5. The molecule has 26 heavy (non-hydrogen) atoms. The van der Waals surface area contributed by atoms with Crippen molar-refractivity contribution in [2.24, 2.45) is 0 Å². The molecule has 0 fully saturated rings. The molecule has 0 saturated carbocycles. The Kier molecular flexibility index (Phi) is 10.8. The molecule has 1 aromatic carbocycles. The van der Waals surface area contributed by atoms with E-state index in [0.717, 1.165) is 44.1 Å². The highest BCUT2D eigenvalue weighted by atomic mass is 16.5. The lowest BCUT2D eigenvalue weighted by atomic mass is 10.0. The lowest BCUT2D eigenvalue weighted by Crippen LogP contribution is -2.19. The third-order valence-electron chi connectivity index (χ3n) is 4.41. The smallest absolute Gasteiger partial charge is 0.302 e. The van der Waals surface area contributed by atoms with Crippen LogP contribution in [0.25, 0.3) is 0 Å². The second-order valence-corrected chi connectivity index (χ2v) is 7.19. The maximum Gasteiger partial charge on any atom is 0.302 e. The van der Waals surface area contributed by atoms with Gasteiger partial charge in [-0.05, 0) is 43.9 Å². The molecule has 0 heterocycles. The van der Waals surface area contributed by atoms with Gasteiger partial charge in [0, 0.05) is 19.4 Å². The molecule has 5 heteroatoms. The monoisotopic (exact) mass is 366 g/mol. The third-order valence-corrected chi connectivity index (χ3v) is 4.41. The van der Waals surface area contributed by atoms with Crippen LogP contribution in [-0.4, -0.2) is 33.5 Å². The molecule has 0 aliphatic rings. The number of benzene rings is 1. The van der Waals surface area contributed by atoms with Crippen LogP contribution in [0.1, 0.15) is 77.2 Å². The van der Waals surface area contributed by atoms with Crippen LogP contribution in [0, 0.1) is 0 Å². The summed E-state index contributed by atoms with van der Waals surface area (Å²) in [6, 6.07) is 4.46. The van der Waals surface area contributed by atoms with Crippen LogP contribution in [0.5, 0.6) is 11.5 Å². The van der Waals surface area contributed by atoms with Crippen molar-refractivity contribution in [1.29, 1.82) is 0 Å². The van der Waals surface area contributed by atoms with E-state index in [1.165, 1.54) is 32.3 Å². The van der Waals surface area contributed by atoms with Crippen LogP contribution in [0.4, 0.5) is 0 Å². The molecule has 148 valence electrons. The van der Waals surface area contributed by atoms with Gasteiger partial charge in [-0.25, -0.2) is 0 Å². The van der Waals surface area contributed by atoms with E-state index in [-0.39, 0.29) is 29.7 Å². The Morgan fingerprint density at radius 1 is 0.923 bits per heavy atom. The summed E-state index contributed by atoms with van der Waals surface area (Å²) >= 11 is 0. The van der Waals surface area contributed by atoms with Crippen LogP contribution in [0.3, 0.4) is 0 Å². The van der Waals surface area contributed by atoms with Gasteiger partial charge in [0.1, 0.15) is 17.6 Å². The highest BCUT2D eigenvalue weighted by Crippen LogP contribution is 2.23. The van der Waals surface area contributed by atoms with E-state index >= 15 is 0 Å². The first-order chi connectivity index (χ1) is 12.4. The number of rotatable bonds is 13. The average Bonchev–Trinajstić information content (AvgIpc) is 2.51. The molecule has 0 aliphatic heterocycles. The summed E-state index contributed by atoms with van der Waals surface area (Å²) in [6.45, 7) is 3.23. The van der Waals surface area contributed by atoms with Crippen LogP contribution in [-0.2, 0) is 16.0 Å². The molecule has 0 radical (unpaired) electrons. The lowest BCUT2D eigenvalue weighted by molar-refractivity contribution is -0.146. The first-order valence-electron chi connectivity index (χ1n) is 9.74. The summed E-state index contributed by atoms with van der Waals surface area (Å²) in [7, 11) is 0. The highest BCUT2D eigenvalue weighted by Gasteiger charge is 2.14. The molecule has 0 saturated heterocycles. The van der Waals surface area contributed by atoms with Crippen LogP contribution >= 0.6 is 0 Å². The predicted molar refractivity (Wildman–Crippen MR) is 102 cm³/mol. The fraction of sp³-hybridized carbons (Fsp3) is 0.667.